The molecule has 0 radical (unpaired) electrons. The van der Waals surface area contributed by atoms with Crippen molar-refractivity contribution in [1.82, 2.24) is 41.7 Å². The number of nitrogens with two attached hydrogens (primary N) is 2. The number of likely N-dealkylation sites (tertiary alicyclic amines) is 2. The Bertz CT molecular complexity index is 1560. The van der Waals surface area contributed by atoms with Crippen molar-refractivity contribution in [2.75, 3.05) is 26.2 Å². The van der Waals surface area contributed by atoms with Crippen molar-refractivity contribution in [2.45, 2.75) is 168 Å². The highest BCUT2D eigenvalue weighted by atomic mass is 16.3. The third-order valence-corrected chi connectivity index (χ3v) is 11.6. The van der Waals surface area contributed by atoms with Gasteiger partial charge in [0.2, 0.25) is 47.3 Å². The van der Waals surface area contributed by atoms with Gasteiger partial charge in [-0.05, 0) is 70.6 Å². The van der Waals surface area contributed by atoms with Gasteiger partial charge in [-0.1, -0.05) is 53.9 Å². The Kier molecular flexibility index (Phi) is 22.0. The minimum atomic E-state index is -1.53. The molecule has 1 unspecified atom stereocenters. The van der Waals surface area contributed by atoms with Crippen LogP contribution in [0.2, 0.25) is 0 Å². The molecule has 0 saturated carbocycles. The Labute approximate surface area is 360 Å². The molecule has 10 atom stereocenters. The van der Waals surface area contributed by atoms with E-state index in [0.717, 1.165) is 0 Å². The van der Waals surface area contributed by atoms with Crippen LogP contribution in [0.3, 0.4) is 0 Å². The number of guanidine groups is 1. The van der Waals surface area contributed by atoms with Gasteiger partial charge in [-0.15, -0.1) is 0 Å². The lowest BCUT2D eigenvalue weighted by molar-refractivity contribution is -0.142. The van der Waals surface area contributed by atoms with Crippen molar-refractivity contribution in [3.8, 4) is 0 Å². The smallest absolute Gasteiger partial charge is 0.245 e. The molecule has 2 rings (SSSR count). The first kappa shape index (κ1) is 52.1. The van der Waals surface area contributed by atoms with E-state index in [9.17, 15) is 43.5 Å². The van der Waals surface area contributed by atoms with Gasteiger partial charge in [0.25, 0.3) is 0 Å². The van der Waals surface area contributed by atoms with E-state index in [-0.39, 0.29) is 43.1 Å². The van der Waals surface area contributed by atoms with Crippen molar-refractivity contribution in [3.05, 3.63) is 0 Å². The Morgan fingerprint density at radius 3 is 1.70 bits per heavy atom. The van der Waals surface area contributed by atoms with Gasteiger partial charge in [-0.3, -0.25) is 43.3 Å². The molecule has 0 bridgehead atoms. The average molecular weight is 864 g/mol. The maximum Gasteiger partial charge on any atom is 0.245 e. The first-order chi connectivity index (χ1) is 28.8. The van der Waals surface area contributed by atoms with Gasteiger partial charge in [0.15, 0.2) is 5.96 Å². The lowest BCUT2D eigenvalue weighted by atomic mass is 9.96. The fraction of sp³-hybridized carbons (Fsp3) is 0.780. The second-order valence-electron chi connectivity index (χ2n) is 16.3. The van der Waals surface area contributed by atoms with Crippen LogP contribution in [0.4, 0.5) is 0 Å². The predicted octanol–water partition coefficient (Wildman–Crippen LogP) is -1.12. The number of carbonyl (C=O) groups excluding carboxylic acids is 8. The molecular formula is C41H73N11O9. The minimum absolute atomic E-state index is 0.125. The summed E-state index contributed by atoms with van der Waals surface area (Å²) in [5, 5.41) is 27.0. The molecule has 8 amide bonds. The summed E-state index contributed by atoms with van der Waals surface area (Å²) < 4.78 is 0. The quantitative estimate of drug-likeness (QED) is 0.0318. The lowest BCUT2D eigenvalue weighted by Crippen LogP contribution is -2.62. The van der Waals surface area contributed by atoms with Crippen LogP contribution in [0.5, 0.6) is 0 Å². The molecule has 2 heterocycles. The summed E-state index contributed by atoms with van der Waals surface area (Å²) in [6.07, 6.45) is 2.70. The maximum absolute atomic E-state index is 14.1. The largest absolute Gasteiger partial charge is 0.391 e. The van der Waals surface area contributed by atoms with Crippen molar-refractivity contribution >= 4 is 53.2 Å². The van der Waals surface area contributed by atoms with E-state index >= 15 is 0 Å². The number of hydrogen-bond donors (Lipinski definition) is 9. The molecule has 0 aliphatic carbocycles. The van der Waals surface area contributed by atoms with Gasteiger partial charge >= 0.3 is 0 Å². The Morgan fingerprint density at radius 1 is 0.672 bits per heavy atom. The maximum atomic E-state index is 14.1. The van der Waals surface area contributed by atoms with Crippen molar-refractivity contribution in [1.29, 1.82) is 0 Å². The van der Waals surface area contributed by atoms with Crippen molar-refractivity contribution < 1.29 is 43.5 Å². The third-order valence-electron chi connectivity index (χ3n) is 11.6. The lowest BCUT2D eigenvalue weighted by Gasteiger charge is -2.32. The number of nitrogens with zero attached hydrogens (tertiary/aromatic N) is 3. The summed E-state index contributed by atoms with van der Waals surface area (Å²) in [6.45, 7) is 14.8. The van der Waals surface area contributed by atoms with Crippen molar-refractivity contribution in [3.63, 3.8) is 0 Å². The molecule has 2 aliphatic heterocycles. The summed E-state index contributed by atoms with van der Waals surface area (Å²) in [7, 11) is 0. The molecule has 2 saturated heterocycles. The SMILES string of the molecule is CCC[C@H](NC(=O)[C@@H](NC(=O)[C@@H](NC(=O)[C@@H]1CCCN1C(C)=O)C(C)CC)[C@@H](C)O)C(=O)N[C@H](C(=O)N[C@@H](CCCN=C(N)N)C(=O)N1CCC[C@H]1C(=O)NCC)[C@@H](C)CC. The fourth-order valence-corrected chi connectivity index (χ4v) is 7.61. The molecule has 20 nitrogen and oxygen atoms in total. The monoisotopic (exact) mass is 864 g/mol. The molecule has 20 heteroatoms. The standard InChI is InChI=1S/C41H73N11O9/c1-9-16-27(46-39(60)33(25(7)53)50-38(59)32(24(6)11-3)49-36(57)30-19-14-21-51(30)26(8)54)34(55)48-31(23(5)10-2)37(58)47-28(17-13-20-45-41(42)43)40(61)52-22-15-18-29(52)35(56)44-12-4/h23-25,27-33,53H,9-22H2,1-8H3,(H,44,56)(H,46,60)(H,47,58)(H,48,55)(H,49,57)(H,50,59)(H4,42,43,45)/t23-,24?,25+,27-,28-,29-,30-,31-,32-,33-/m0/s1. The fourth-order valence-electron chi connectivity index (χ4n) is 7.61. The number of nitrogens with one attached hydrogen (secondary N) is 6. The zero-order valence-corrected chi connectivity index (χ0v) is 37.4. The van der Waals surface area contributed by atoms with Crippen LogP contribution >= 0.6 is 0 Å². The van der Waals surface area contributed by atoms with Gasteiger partial charge in [-0.2, -0.15) is 0 Å². The topological polar surface area (TPSA) is 300 Å². The third kappa shape index (κ3) is 15.4. The molecule has 0 spiro atoms. The molecular weight excluding hydrogens is 791 g/mol. The van der Waals surface area contributed by atoms with E-state index in [1.54, 1.807) is 27.7 Å². The van der Waals surface area contributed by atoms with Crippen LogP contribution in [0, 0.1) is 11.8 Å². The summed E-state index contributed by atoms with van der Waals surface area (Å²) in [5.41, 5.74) is 11.0. The highest BCUT2D eigenvalue weighted by Gasteiger charge is 2.40. The second-order valence-corrected chi connectivity index (χ2v) is 16.3. The highest BCUT2D eigenvalue weighted by Crippen LogP contribution is 2.21. The molecule has 0 aromatic rings. The van der Waals surface area contributed by atoms with Gasteiger partial charge in [0.1, 0.15) is 42.3 Å². The summed E-state index contributed by atoms with van der Waals surface area (Å²) in [6, 6.07) is -7.48. The Morgan fingerprint density at radius 2 is 1.18 bits per heavy atom. The van der Waals surface area contributed by atoms with Crippen LogP contribution in [0.25, 0.3) is 0 Å². The Hall–Kier alpha value is -5.01. The number of likely N-dealkylation sites (N-methyl/N-ethyl adjacent to an activating group) is 1. The molecule has 11 N–H and O–H groups in total. The predicted molar refractivity (Wildman–Crippen MR) is 229 cm³/mol. The van der Waals surface area contributed by atoms with E-state index < -0.39 is 89.8 Å². The number of amides is 8. The van der Waals surface area contributed by atoms with Crippen LogP contribution in [-0.2, 0) is 38.4 Å². The van der Waals surface area contributed by atoms with Gasteiger partial charge in [-0.25, -0.2) is 0 Å². The highest BCUT2D eigenvalue weighted by molar-refractivity contribution is 5.98. The number of hydrogen-bond acceptors (Lipinski definition) is 10. The molecule has 61 heavy (non-hydrogen) atoms. The number of carbonyl (C=O) groups is 8. The second kappa shape index (κ2) is 25.7. The number of rotatable bonds is 24. The van der Waals surface area contributed by atoms with E-state index in [1.807, 2.05) is 13.8 Å². The van der Waals surface area contributed by atoms with Gasteiger partial charge < -0.3 is 58.3 Å². The summed E-state index contributed by atoms with van der Waals surface area (Å²) >= 11 is 0. The first-order valence-electron chi connectivity index (χ1n) is 21.9. The summed E-state index contributed by atoms with van der Waals surface area (Å²) in [4.78, 5) is 115. The summed E-state index contributed by atoms with van der Waals surface area (Å²) in [5.74, 6) is -5.36. The molecule has 346 valence electrons. The number of aliphatic hydroxyl groups excluding tert-OH is 1. The van der Waals surface area contributed by atoms with Gasteiger partial charge in [0.05, 0.1) is 6.10 Å². The van der Waals surface area contributed by atoms with Gasteiger partial charge in [0, 0.05) is 33.1 Å². The molecule has 2 aliphatic rings. The molecule has 0 aromatic carbocycles. The zero-order chi connectivity index (χ0) is 46.0. The van der Waals surface area contributed by atoms with E-state index in [4.69, 9.17) is 11.5 Å². The first-order valence-corrected chi connectivity index (χ1v) is 21.9. The van der Waals surface area contributed by atoms with E-state index in [2.05, 4.69) is 36.9 Å². The van der Waals surface area contributed by atoms with E-state index in [0.29, 0.717) is 71.0 Å². The minimum Gasteiger partial charge on any atom is -0.391 e. The van der Waals surface area contributed by atoms with Crippen LogP contribution in [-0.4, -0.2) is 143 Å². The zero-order valence-electron chi connectivity index (χ0n) is 37.4. The van der Waals surface area contributed by atoms with Crippen LogP contribution in [0.15, 0.2) is 4.99 Å². The number of aliphatic hydroxyl groups is 1. The normalized spacial score (nSPS) is 20.1. The number of aliphatic imine (C=N–C) groups is 1. The Balaban J connectivity index is 2.29. The average Bonchev–Trinajstić information content (AvgIpc) is 3.92. The van der Waals surface area contributed by atoms with Crippen LogP contribution < -0.4 is 43.4 Å². The molecule has 2 fully saturated rings. The van der Waals surface area contributed by atoms with Crippen LogP contribution in [0.1, 0.15) is 120 Å². The van der Waals surface area contributed by atoms with E-state index in [1.165, 1.54) is 23.6 Å². The van der Waals surface area contributed by atoms with Crippen molar-refractivity contribution in [2.24, 2.45) is 28.3 Å². The molecule has 0 aromatic heterocycles.